The maximum absolute atomic E-state index is 12.5. The molecule has 3 rings (SSSR count). The van der Waals surface area contributed by atoms with Crippen LogP contribution in [0.4, 0.5) is 5.69 Å². The second-order valence-electron chi connectivity index (χ2n) is 5.23. The predicted octanol–water partition coefficient (Wildman–Crippen LogP) is 3.30. The molecule has 0 atom stereocenters. The van der Waals surface area contributed by atoms with Crippen molar-refractivity contribution in [3.05, 3.63) is 78.4 Å². The van der Waals surface area contributed by atoms with Crippen molar-refractivity contribution in [2.45, 2.75) is 6.92 Å². The minimum Gasteiger partial charge on any atom is -0.462 e. The Morgan fingerprint density at radius 3 is 2.60 bits per heavy atom. The van der Waals surface area contributed by atoms with E-state index in [-0.39, 0.29) is 11.9 Å². The van der Waals surface area contributed by atoms with Gasteiger partial charge in [-0.1, -0.05) is 0 Å². The van der Waals surface area contributed by atoms with Crippen LogP contribution in [0.25, 0.3) is 5.69 Å². The quantitative estimate of drug-likeness (QED) is 0.726. The first-order chi connectivity index (χ1) is 12.2. The normalized spacial score (nSPS) is 10.3. The van der Waals surface area contributed by atoms with Gasteiger partial charge in [-0.25, -0.2) is 4.79 Å². The minimum atomic E-state index is -0.383. The molecule has 0 saturated heterocycles. The summed E-state index contributed by atoms with van der Waals surface area (Å²) >= 11 is 0. The summed E-state index contributed by atoms with van der Waals surface area (Å²) in [5, 5.41) is 2.82. The Bertz CT molecular complexity index is 870. The Morgan fingerprint density at radius 1 is 1.12 bits per heavy atom. The minimum absolute atomic E-state index is 0.252. The van der Waals surface area contributed by atoms with E-state index in [1.54, 1.807) is 66.5 Å². The maximum atomic E-state index is 12.5. The standard InChI is InChI=1S/C19H17N3O3/c1-2-25-19(24)14-7-9-15(10-8-14)21-18(23)17-6-4-12-22(17)16-5-3-11-20-13-16/h3-13H,2H2,1H3,(H,21,23). The van der Waals surface area contributed by atoms with Crippen molar-refractivity contribution in [3.63, 3.8) is 0 Å². The molecule has 0 aliphatic heterocycles. The lowest BCUT2D eigenvalue weighted by Crippen LogP contribution is -2.16. The number of aromatic nitrogens is 2. The number of nitrogens with one attached hydrogen (secondary N) is 1. The van der Waals surface area contributed by atoms with Gasteiger partial charge in [-0.05, 0) is 55.5 Å². The third kappa shape index (κ3) is 3.74. The van der Waals surface area contributed by atoms with Gasteiger partial charge in [0.15, 0.2) is 0 Å². The van der Waals surface area contributed by atoms with Crippen LogP contribution in [0.1, 0.15) is 27.8 Å². The molecule has 126 valence electrons. The van der Waals surface area contributed by atoms with E-state index in [1.165, 1.54) is 0 Å². The van der Waals surface area contributed by atoms with Gasteiger partial charge in [-0.2, -0.15) is 0 Å². The van der Waals surface area contributed by atoms with Crippen molar-refractivity contribution in [3.8, 4) is 5.69 Å². The Balaban J connectivity index is 1.75. The number of rotatable bonds is 5. The van der Waals surface area contributed by atoms with E-state index < -0.39 is 0 Å². The zero-order chi connectivity index (χ0) is 17.6. The summed E-state index contributed by atoms with van der Waals surface area (Å²) in [5.41, 5.74) is 2.33. The van der Waals surface area contributed by atoms with Crippen LogP contribution in [-0.2, 0) is 4.74 Å². The van der Waals surface area contributed by atoms with Crippen molar-refractivity contribution < 1.29 is 14.3 Å². The van der Waals surface area contributed by atoms with Gasteiger partial charge < -0.3 is 14.6 Å². The van der Waals surface area contributed by atoms with E-state index in [2.05, 4.69) is 10.3 Å². The molecular formula is C19H17N3O3. The number of nitrogens with zero attached hydrogens (tertiary/aromatic N) is 2. The molecule has 0 saturated carbocycles. The van der Waals surface area contributed by atoms with Crippen LogP contribution in [0.2, 0.25) is 0 Å². The fourth-order valence-corrected chi connectivity index (χ4v) is 2.39. The monoisotopic (exact) mass is 335 g/mol. The topological polar surface area (TPSA) is 73.2 Å². The zero-order valence-electron chi connectivity index (χ0n) is 13.7. The lowest BCUT2D eigenvalue weighted by atomic mass is 10.2. The van der Waals surface area contributed by atoms with Crippen molar-refractivity contribution in [1.82, 2.24) is 9.55 Å². The van der Waals surface area contributed by atoms with Gasteiger partial charge in [0, 0.05) is 18.1 Å². The van der Waals surface area contributed by atoms with Gasteiger partial charge in [0.2, 0.25) is 0 Å². The van der Waals surface area contributed by atoms with Crippen LogP contribution >= 0.6 is 0 Å². The van der Waals surface area contributed by atoms with Crippen LogP contribution in [-0.4, -0.2) is 28.0 Å². The molecular weight excluding hydrogens is 318 g/mol. The Labute approximate surface area is 145 Å². The molecule has 0 spiro atoms. The summed E-state index contributed by atoms with van der Waals surface area (Å²) in [4.78, 5) is 28.3. The van der Waals surface area contributed by atoms with Crippen LogP contribution in [0.5, 0.6) is 0 Å². The molecule has 0 aliphatic rings. The van der Waals surface area contributed by atoms with E-state index >= 15 is 0 Å². The third-order valence-corrected chi connectivity index (χ3v) is 3.56. The first-order valence-corrected chi connectivity index (χ1v) is 7.85. The van der Waals surface area contributed by atoms with Gasteiger partial charge in [-0.15, -0.1) is 0 Å². The van der Waals surface area contributed by atoms with Crippen LogP contribution in [0.15, 0.2) is 67.1 Å². The molecule has 2 aromatic heterocycles. The number of amides is 1. The lowest BCUT2D eigenvalue weighted by molar-refractivity contribution is 0.0526. The summed E-state index contributed by atoms with van der Waals surface area (Å²) < 4.78 is 6.70. The van der Waals surface area contributed by atoms with E-state index in [0.29, 0.717) is 23.6 Å². The molecule has 1 aromatic carbocycles. The molecule has 1 N–H and O–H groups in total. The van der Waals surface area contributed by atoms with Crippen LogP contribution < -0.4 is 5.32 Å². The number of esters is 1. The van der Waals surface area contributed by atoms with Gasteiger partial charge in [0.1, 0.15) is 5.69 Å². The number of hydrogen-bond donors (Lipinski definition) is 1. The highest BCUT2D eigenvalue weighted by Crippen LogP contribution is 2.15. The smallest absolute Gasteiger partial charge is 0.338 e. The summed E-state index contributed by atoms with van der Waals surface area (Å²) in [7, 11) is 0. The molecule has 0 bridgehead atoms. The molecule has 0 fully saturated rings. The summed E-state index contributed by atoms with van der Waals surface area (Å²) in [6.07, 6.45) is 5.17. The highest BCUT2D eigenvalue weighted by atomic mass is 16.5. The number of hydrogen-bond acceptors (Lipinski definition) is 4. The predicted molar refractivity (Wildman–Crippen MR) is 93.9 cm³/mol. The molecule has 6 heteroatoms. The first-order valence-electron chi connectivity index (χ1n) is 7.85. The van der Waals surface area contributed by atoms with Gasteiger partial charge in [-0.3, -0.25) is 9.78 Å². The Morgan fingerprint density at radius 2 is 1.92 bits per heavy atom. The van der Waals surface area contributed by atoms with Crippen molar-refractivity contribution in [2.75, 3.05) is 11.9 Å². The molecule has 0 radical (unpaired) electrons. The lowest BCUT2D eigenvalue weighted by Gasteiger charge is -2.10. The number of anilines is 1. The largest absolute Gasteiger partial charge is 0.462 e. The van der Waals surface area contributed by atoms with Crippen LogP contribution in [0.3, 0.4) is 0 Å². The maximum Gasteiger partial charge on any atom is 0.338 e. The van der Waals surface area contributed by atoms with Crippen LogP contribution in [0, 0.1) is 0 Å². The molecule has 1 amide bonds. The number of benzene rings is 1. The second kappa shape index (κ2) is 7.44. The first kappa shape index (κ1) is 16.4. The van der Waals surface area contributed by atoms with Gasteiger partial charge in [0.25, 0.3) is 5.91 Å². The van der Waals surface area contributed by atoms with E-state index in [4.69, 9.17) is 4.74 Å². The summed E-state index contributed by atoms with van der Waals surface area (Å²) in [6, 6.07) is 13.8. The van der Waals surface area contributed by atoms with E-state index in [1.807, 2.05) is 12.1 Å². The van der Waals surface area contributed by atoms with Gasteiger partial charge in [0.05, 0.1) is 24.1 Å². The molecule has 6 nitrogen and oxygen atoms in total. The Hall–Kier alpha value is -3.41. The molecule has 3 aromatic rings. The highest BCUT2D eigenvalue weighted by molar-refractivity contribution is 6.03. The number of carbonyl (C=O) groups excluding carboxylic acids is 2. The SMILES string of the molecule is CCOC(=O)c1ccc(NC(=O)c2cccn2-c2cccnc2)cc1. The third-order valence-electron chi connectivity index (χ3n) is 3.56. The van der Waals surface area contributed by atoms with Crippen molar-refractivity contribution in [2.24, 2.45) is 0 Å². The highest BCUT2D eigenvalue weighted by Gasteiger charge is 2.13. The average molecular weight is 335 g/mol. The van der Waals surface area contributed by atoms with E-state index in [0.717, 1.165) is 5.69 Å². The van der Waals surface area contributed by atoms with Gasteiger partial charge >= 0.3 is 5.97 Å². The number of ether oxygens (including phenoxy) is 1. The Kier molecular flexibility index (Phi) is 4.89. The van der Waals surface area contributed by atoms with Crippen molar-refractivity contribution in [1.29, 1.82) is 0 Å². The zero-order valence-corrected chi connectivity index (χ0v) is 13.7. The molecule has 0 unspecified atom stereocenters. The fourth-order valence-electron chi connectivity index (χ4n) is 2.39. The number of pyridine rings is 1. The molecule has 0 aliphatic carbocycles. The fraction of sp³-hybridized carbons (Fsp3) is 0.105. The van der Waals surface area contributed by atoms with E-state index in [9.17, 15) is 9.59 Å². The average Bonchev–Trinajstić information content (AvgIpc) is 3.13. The molecule has 25 heavy (non-hydrogen) atoms. The summed E-state index contributed by atoms with van der Waals surface area (Å²) in [5.74, 6) is -0.636. The summed E-state index contributed by atoms with van der Waals surface area (Å²) in [6.45, 7) is 2.08. The second-order valence-corrected chi connectivity index (χ2v) is 5.23. The molecule has 2 heterocycles. The number of carbonyl (C=O) groups is 2. The van der Waals surface area contributed by atoms with Crippen molar-refractivity contribution >= 4 is 17.6 Å².